The summed E-state index contributed by atoms with van der Waals surface area (Å²) in [5.74, 6) is 1.17. The van der Waals surface area contributed by atoms with E-state index in [0.717, 1.165) is 19.5 Å². The molecule has 0 bridgehead atoms. The number of nitrogens with one attached hydrogen (secondary N) is 1. The fourth-order valence-corrected chi connectivity index (χ4v) is 2.17. The Bertz CT molecular complexity index is 294. The first-order valence-electron chi connectivity index (χ1n) is 7.51. The number of hydrogen-bond donors (Lipinski definition) is 1. The summed E-state index contributed by atoms with van der Waals surface area (Å²) < 4.78 is 2.09. The zero-order chi connectivity index (χ0) is 13.1. The first kappa shape index (κ1) is 15.2. The predicted octanol–water partition coefficient (Wildman–Crippen LogP) is 3.30. The van der Waals surface area contributed by atoms with E-state index in [1.807, 2.05) is 12.4 Å². The molecule has 1 heterocycles. The van der Waals surface area contributed by atoms with Gasteiger partial charge in [-0.1, -0.05) is 45.4 Å². The molecule has 1 aromatic heterocycles. The maximum Gasteiger partial charge on any atom is 0.109 e. The van der Waals surface area contributed by atoms with Crippen LogP contribution in [-0.2, 0) is 13.5 Å². The summed E-state index contributed by atoms with van der Waals surface area (Å²) >= 11 is 0. The molecule has 0 amide bonds. The van der Waals surface area contributed by atoms with Crippen molar-refractivity contribution in [1.29, 1.82) is 0 Å². The molecule has 0 aliphatic rings. The van der Waals surface area contributed by atoms with Gasteiger partial charge in [-0.25, -0.2) is 4.98 Å². The number of imidazole rings is 1. The Morgan fingerprint density at radius 3 is 2.44 bits per heavy atom. The highest BCUT2D eigenvalue weighted by Crippen LogP contribution is 2.06. The van der Waals surface area contributed by atoms with Crippen molar-refractivity contribution in [2.45, 2.75) is 58.3 Å². The van der Waals surface area contributed by atoms with Crippen molar-refractivity contribution in [3.8, 4) is 0 Å². The Labute approximate surface area is 112 Å². The molecule has 104 valence electrons. The van der Waals surface area contributed by atoms with Crippen LogP contribution in [0.3, 0.4) is 0 Å². The number of hydrogen-bond acceptors (Lipinski definition) is 2. The van der Waals surface area contributed by atoms with E-state index < -0.39 is 0 Å². The molecule has 0 aliphatic heterocycles. The molecular weight excluding hydrogens is 222 g/mol. The third kappa shape index (κ3) is 6.80. The van der Waals surface area contributed by atoms with Crippen molar-refractivity contribution >= 4 is 0 Å². The van der Waals surface area contributed by atoms with E-state index >= 15 is 0 Å². The Kier molecular flexibility index (Phi) is 8.57. The molecule has 0 aliphatic carbocycles. The largest absolute Gasteiger partial charge is 0.338 e. The van der Waals surface area contributed by atoms with Crippen molar-refractivity contribution in [3.63, 3.8) is 0 Å². The summed E-state index contributed by atoms with van der Waals surface area (Å²) in [6, 6.07) is 0. The van der Waals surface area contributed by atoms with Crippen molar-refractivity contribution in [2.24, 2.45) is 7.05 Å². The minimum Gasteiger partial charge on any atom is -0.338 e. The maximum atomic E-state index is 4.31. The smallest absolute Gasteiger partial charge is 0.109 e. The van der Waals surface area contributed by atoms with Gasteiger partial charge >= 0.3 is 0 Å². The Balaban J connectivity index is 1.83. The van der Waals surface area contributed by atoms with Gasteiger partial charge in [0.05, 0.1) is 0 Å². The summed E-state index contributed by atoms with van der Waals surface area (Å²) in [6.07, 6.45) is 14.6. The predicted molar refractivity (Wildman–Crippen MR) is 77.8 cm³/mol. The van der Waals surface area contributed by atoms with Crippen LogP contribution < -0.4 is 5.32 Å². The van der Waals surface area contributed by atoms with Gasteiger partial charge in [-0.15, -0.1) is 0 Å². The van der Waals surface area contributed by atoms with E-state index in [4.69, 9.17) is 0 Å². The lowest BCUT2D eigenvalue weighted by atomic mass is 10.1. The first-order valence-corrected chi connectivity index (χ1v) is 7.51. The van der Waals surface area contributed by atoms with Crippen LogP contribution in [-0.4, -0.2) is 22.6 Å². The Hall–Kier alpha value is -0.830. The van der Waals surface area contributed by atoms with Gasteiger partial charge in [0.25, 0.3) is 0 Å². The lowest BCUT2D eigenvalue weighted by Gasteiger charge is -2.05. The second kappa shape index (κ2) is 10.1. The topological polar surface area (TPSA) is 29.9 Å². The summed E-state index contributed by atoms with van der Waals surface area (Å²) in [7, 11) is 2.05. The van der Waals surface area contributed by atoms with E-state index in [0.29, 0.717) is 0 Å². The van der Waals surface area contributed by atoms with Gasteiger partial charge in [0.2, 0.25) is 0 Å². The van der Waals surface area contributed by atoms with Gasteiger partial charge in [0, 0.05) is 32.4 Å². The van der Waals surface area contributed by atoms with Crippen LogP contribution in [0.4, 0.5) is 0 Å². The fourth-order valence-electron chi connectivity index (χ4n) is 2.17. The molecule has 0 atom stereocenters. The van der Waals surface area contributed by atoms with E-state index in [1.165, 1.54) is 50.8 Å². The van der Waals surface area contributed by atoms with Crippen molar-refractivity contribution in [2.75, 3.05) is 13.1 Å². The normalized spacial score (nSPS) is 11.0. The number of rotatable bonds is 11. The van der Waals surface area contributed by atoms with Crippen molar-refractivity contribution < 1.29 is 0 Å². The molecule has 0 radical (unpaired) electrons. The van der Waals surface area contributed by atoms with Crippen LogP contribution in [0.1, 0.15) is 57.7 Å². The number of aromatic nitrogens is 2. The Morgan fingerprint density at radius 2 is 1.78 bits per heavy atom. The fraction of sp³-hybridized carbons (Fsp3) is 0.800. The number of nitrogens with zero attached hydrogens (tertiary/aromatic N) is 2. The summed E-state index contributed by atoms with van der Waals surface area (Å²) in [4.78, 5) is 4.31. The third-order valence-corrected chi connectivity index (χ3v) is 3.40. The van der Waals surface area contributed by atoms with E-state index in [-0.39, 0.29) is 0 Å². The van der Waals surface area contributed by atoms with Gasteiger partial charge in [0.15, 0.2) is 0 Å². The monoisotopic (exact) mass is 251 g/mol. The molecule has 0 saturated carbocycles. The highest BCUT2D eigenvalue weighted by atomic mass is 15.0. The minimum atomic E-state index is 1.03. The van der Waals surface area contributed by atoms with Crippen LogP contribution in [0.25, 0.3) is 0 Å². The molecule has 1 aromatic rings. The molecule has 1 N–H and O–H groups in total. The summed E-state index contributed by atoms with van der Waals surface area (Å²) in [5, 5.41) is 3.50. The quantitative estimate of drug-likeness (QED) is 0.612. The van der Waals surface area contributed by atoms with E-state index in [9.17, 15) is 0 Å². The van der Waals surface area contributed by atoms with Crippen LogP contribution in [0.5, 0.6) is 0 Å². The zero-order valence-corrected chi connectivity index (χ0v) is 12.1. The second-order valence-electron chi connectivity index (χ2n) is 5.08. The maximum absolute atomic E-state index is 4.31. The first-order chi connectivity index (χ1) is 8.84. The molecule has 0 spiro atoms. The number of unbranched alkanes of at least 4 members (excludes halogenated alkanes) is 6. The lowest BCUT2D eigenvalue weighted by molar-refractivity contribution is 0.560. The molecule has 18 heavy (non-hydrogen) atoms. The van der Waals surface area contributed by atoms with Crippen molar-refractivity contribution in [3.05, 3.63) is 18.2 Å². The molecule has 0 fully saturated rings. The molecule has 0 aromatic carbocycles. The number of aryl methyl sites for hydroxylation is 1. The van der Waals surface area contributed by atoms with Gasteiger partial charge in [-0.2, -0.15) is 0 Å². The molecule has 3 nitrogen and oxygen atoms in total. The van der Waals surface area contributed by atoms with E-state index in [1.54, 1.807) is 0 Å². The van der Waals surface area contributed by atoms with E-state index in [2.05, 4.69) is 28.8 Å². The standard InChI is InChI=1S/C15H29N3/c1-3-4-5-6-7-8-9-11-16-12-10-15-17-13-14-18(15)2/h13-14,16H,3-12H2,1-2H3. The van der Waals surface area contributed by atoms with Gasteiger partial charge in [-0.05, 0) is 13.0 Å². The third-order valence-electron chi connectivity index (χ3n) is 3.40. The summed E-state index contributed by atoms with van der Waals surface area (Å²) in [6.45, 7) is 4.46. The van der Waals surface area contributed by atoms with Gasteiger partial charge < -0.3 is 9.88 Å². The lowest BCUT2D eigenvalue weighted by Crippen LogP contribution is -2.19. The van der Waals surface area contributed by atoms with Crippen LogP contribution in [0.15, 0.2) is 12.4 Å². The van der Waals surface area contributed by atoms with Gasteiger partial charge in [-0.3, -0.25) is 0 Å². The average Bonchev–Trinajstić information content (AvgIpc) is 2.77. The summed E-state index contributed by atoms with van der Waals surface area (Å²) in [5.41, 5.74) is 0. The minimum absolute atomic E-state index is 1.03. The molecule has 0 unspecified atom stereocenters. The Morgan fingerprint density at radius 1 is 1.06 bits per heavy atom. The molecular formula is C15H29N3. The zero-order valence-electron chi connectivity index (χ0n) is 12.1. The molecule has 3 heteroatoms. The molecule has 0 saturated heterocycles. The van der Waals surface area contributed by atoms with Crippen LogP contribution >= 0.6 is 0 Å². The average molecular weight is 251 g/mol. The highest BCUT2D eigenvalue weighted by Gasteiger charge is 1.97. The van der Waals surface area contributed by atoms with Crippen molar-refractivity contribution in [1.82, 2.24) is 14.9 Å². The molecule has 1 rings (SSSR count). The second-order valence-corrected chi connectivity index (χ2v) is 5.08. The van der Waals surface area contributed by atoms with Gasteiger partial charge in [0.1, 0.15) is 5.82 Å². The highest BCUT2D eigenvalue weighted by molar-refractivity contribution is 4.91. The van der Waals surface area contributed by atoms with Crippen LogP contribution in [0.2, 0.25) is 0 Å². The van der Waals surface area contributed by atoms with Crippen LogP contribution in [0, 0.1) is 0 Å². The SMILES string of the molecule is CCCCCCCCCNCCc1nccn1C.